The van der Waals surface area contributed by atoms with Crippen LogP contribution in [0.15, 0.2) is 12.4 Å². The fourth-order valence-electron chi connectivity index (χ4n) is 2.28. The topological polar surface area (TPSA) is 55.0 Å². The zero-order chi connectivity index (χ0) is 12.3. The Hall–Kier alpha value is -1.16. The van der Waals surface area contributed by atoms with Crippen molar-refractivity contribution in [3.8, 4) is 0 Å². The standard InChI is InChI=1S/C13H22N4/c1-10(2)6-11-7-15-13(16-8-11)17-5-3-4-12(14)9-17/h7-8,10,12H,3-6,9,14H2,1-2H3. The highest BCUT2D eigenvalue weighted by Crippen LogP contribution is 2.15. The van der Waals surface area contributed by atoms with Crippen molar-refractivity contribution in [1.29, 1.82) is 0 Å². The predicted molar refractivity (Wildman–Crippen MR) is 70.0 cm³/mol. The molecular weight excluding hydrogens is 212 g/mol. The van der Waals surface area contributed by atoms with E-state index in [1.165, 1.54) is 5.56 Å². The van der Waals surface area contributed by atoms with E-state index in [-0.39, 0.29) is 6.04 Å². The van der Waals surface area contributed by atoms with Crippen LogP contribution < -0.4 is 10.6 Å². The summed E-state index contributed by atoms with van der Waals surface area (Å²) in [5.74, 6) is 1.47. The van der Waals surface area contributed by atoms with Gasteiger partial charge in [0, 0.05) is 31.5 Å². The zero-order valence-electron chi connectivity index (χ0n) is 10.8. The third kappa shape index (κ3) is 3.40. The van der Waals surface area contributed by atoms with Crippen LogP contribution >= 0.6 is 0 Å². The van der Waals surface area contributed by atoms with Crippen LogP contribution in [0.4, 0.5) is 5.95 Å². The molecule has 1 fully saturated rings. The van der Waals surface area contributed by atoms with Crippen LogP contribution in [0.1, 0.15) is 32.3 Å². The SMILES string of the molecule is CC(C)Cc1cnc(N2CCCC(N)C2)nc1. The smallest absolute Gasteiger partial charge is 0.225 e. The van der Waals surface area contributed by atoms with Crippen LogP contribution in [0.25, 0.3) is 0 Å². The molecule has 0 radical (unpaired) electrons. The molecule has 0 aliphatic carbocycles. The van der Waals surface area contributed by atoms with Gasteiger partial charge in [0.15, 0.2) is 0 Å². The maximum Gasteiger partial charge on any atom is 0.225 e. The Morgan fingerprint density at radius 1 is 1.41 bits per heavy atom. The quantitative estimate of drug-likeness (QED) is 0.863. The number of rotatable bonds is 3. The van der Waals surface area contributed by atoms with Crippen molar-refractivity contribution >= 4 is 5.95 Å². The van der Waals surface area contributed by atoms with Gasteiger partial charge < -0.3 is 10.6 Å². The van der Waals surface area contributed by atoms with Gasteiger partial charge in [-0.2, -0.15) is 0 Å². The number of anilines is 1. The monoisotopic (exact) mass is 234 g/mol. The summed E-state index contributed by atoms with van der Waals surface area (Å²) >= 11 is 0. The number of nitrogens with zero attached hydrogens (tertiary/aromatic N) is 3. The molecule has 0 spiro atoms. The molecule has 1 aromatic heterocycles. The Balaban J connectivity index is 2.01. The molecule has 0 saturated carbocycles. The fourth-order valence-corrected chi connectivity index (χ4v) is 2.28. The van der Waals surface area contributed by atoms with E-state index in [0.717, 1.165) is 38.3 Å². The maximum absolute atomic E-state index is 5.96. The molecule has 1 unspecified atom stereocenters. The van der Waals surface area contributed by atoms with E-state index in [2.05, 4.69) is 28.7 Å². The van der Waals surface area contributed by atoms with Crippen molar-refractivity contribution in [3.05, 3.63) is 18.0 Å². The van der Waals surface area contributed by atoms with E-state index in [1.807, 2.05) is 12.4 Å². The van der Waals surface area contributed by atoms with Gasteiger partial charge in [0.25, 0.3) is 0 Å². The summed E-state index contributed by atoms with van der Waals surface area (Å²) < 4.78 is 0. The van der Waals surface area contributed by atoms with Gasteiger partial charge in [0.05, 0.1) is 0 Å². The average Bonchev–Trinajstić information content (AvgIpc) is 2.29. The van der Waals surface area contributed by atoms with Gasteiger partial charge in [-0.15, -0.1) is 0 Å². The molecule has 2 rings (SSSR count). The summed E-state index contributed by atoms with van der Waals surface area (Å²) in [5, 5.41) is 0. The van der Waals surface area contributed by atoms with Crippen molar-refractivity contribution in [1.82, 2.24) is 9.97 Å². The third-order valence-corrected chi connectivity index (χ3v) is 3.08. The summed E-state index contributed by atoms with van der Waals surface area (Å²) in [5.41, 5.74) is 7.17. The predicted octanol–water partition coefficient (Wildman–Crippen LogP) is 1.60. The van der Waals surface area contributed by atoms with E-state index >= 15 is 0 Å². The first-order valence-electron chi connectivity index (χ1n) is 6.46. The minimum absolute atomic E-state index is 0.266. The minimum Gasteiger partial charge on any atom is -0.339 e. The molecule has 17 heavy (non-hydrogen) atoms. The molecule has 1 aliphatic rings. The lowest BCUT2D eigenvalue weighted by atomic mass is 10.1. The van der Waals surface area contributed by atoms with Gasteiger partial charge in [0.2, 0.25) is 5.95 Å². The van der Waals surface area contributed by atoms with Crippen LogP contribution in [0, 0.1) is 5.92 Å². The number of hydrogen-bond donors (Lipinski definition) is 1. The molecule has 0 amide bonds. The molecule has 4 heteroatoms. The molecule has 1 saturated heterocycles. The van der Waals surface area contributed by atoms with Crippen LogP contribution in [0.3, 0.4) is 0 Å². The Kier molecular flexibility index (Phi) is 3.94. The summed E-state index contributed by atoms with van der Waals surface area (Å²) in [7, 11) is 0. The molecule has 1 aromatic rings. The highest BCUT2D eigenvalue weighted by atomic mass is 15.3. The molecule has 1 atom stereocenters. The van der Waals surface area contributed by atoms with Gasteiger partial charge >= 0.3 is 0 Å². The highest BCUT2D eigenvalue weighted by Gasteiger charge is 2.18. The second-order valence-electron chi connectivity index (χ2n) is 5.34. The molecule has 0 bridgehead atoms. The van der Waals surface area contributed by atoms with Crippen LogP contribution in [-0.4, -0.2) is 29.1 Å². The summed E-state index contributed by atoms with van der Waals surface area (Å²) in [6, 6.07) is 0.266. The van der Waals surface area contributed by atoms with E-state index in [1.54, 1.807) is 0 Å². The lowest BCUT2D eigenvalue weighted by Crippen LogP contribution is -2.43. The normalized spacial score (nSPS) is 20.9. The highest BCUT2D eigenvalue weighted by molar-refractivity contribution is 5.31. The van der Waals surface area contributed by atoms with Crippen molar-refractivity contribution in [3.63, 3.8) is 0 Å². The second-order valence-corrected chi connectivity index (χ2v) is 5.34. The Bertz CT molecular complexity index is 347. The molecule has 2 N–H and O–H groups in total. The molecular formula is C13H22N4. The maximum atomic E-state index is 5.96. The van der Waals surface area contributed by atoms with Crippen molar-refractivity contribution in [2.45, 2.75) is 39.2 Å². The van der Waals surface area contributed by atoms with Crippen LogP contribution in [0.5, 0.6) is 0 Å². The van der Waals surface area contributed by atoms with Gasteiger partial charge in [-0.3, -0.25) is 0 Å². The third-order valence-electron chi connectivity index (χ3n) is 3.08. The Morgan fingerprint density at radius 3 is 2.71 bits per heavy atom. The summed E-state index contributed by atoms with van der Waals surface area (Å²) in [4.78, 5) is 11.1. The van der Waals surface area contributed by atoms with Crippen LogP contribution in [-0.2, 0) is 6.42 Å². The van der Waals surface area contributed by atoms with Crippen molar-refractivity contribution in [2.24, 2.45) is 11.7 Å². The minimum atomic E-state index is 0.266. The number of hydrogen-bond acceptors (Lipinski definition) is 4. The van der Waals surface area contributed by atoms with E-state index in [4.69, 9.17) is 5.73 Å². The Labute approximate surface area is 103 Å². The summed E-state index contributed by atoms with van der Waals surface area (Å²) in [6.07, 6.45) is 7.19. The lowest BCUT2D eigenvalue weighted by molar-refractivity contribution is 0.499. The molecule has 2 heterocycles. The number of nitrogens with two attached hydrogens (primary N) is 1. The fraction of sp³-hybridized carbons (Fsp3) is 0.692. The molecule has 94 valence electrons. The number of piperidine rings is 1. The molecule has 1 aliphatic heterocycles. The van der Waals surface area contributed by atoms with Crippen molar-refractivity contribution in [2.75, 3.05) is 18.0 Å². The summed E-state index contributed by atoms with van der Waals surface area (Å²) in [6.45, 7) is 6.32. The zero-order valence-corrected chi connectivity index (χ0v) is 10.8. The molecule has 4 nitrogen and oxygen atoms in total. The first kappa shape index (κ1) is 12.3. The van der Waals surface area contributed by atoms with E-state index < -0.39 is 0 Å². The average molecular weight is 234 g/mol. The largest absolute Gasteiger partial charge is 0.339 e. The van der Waals surface area contributed by atoms with Gasteiger partial charge in [-0.25, -0.2) is 9.97 Å². The van der Waals surface area contributed by atoms with Gasteiger partial charge in [-0.1, -0.05) is 13.8 Å². The Morgan fingerprint density at radius 2 is 2.12 bits per heavy atom. The first-order chi connectivity index (χ1) is 8.15. The lowest BCUT2D eigenvalue weighted by Gasteiger charge is -2.30. The van der Waals surface area contributed by atoms with E-state index in [0.29, 0.717) is 5.92 Å². The molecule has 0 aromatic carbocycles. The second kappa shape index (κ2) is 5.45. The van der Waals surface area contributed by atoms with Gasteiger partial charge in [-0.05, 0) is 30.7 Å². The van der Waals surface area contributed by atoms with Crippen LogP contribution in [0.2, 0.25) is 0 Å². The van der Waals surface area contributed by atoms with E-state index in [9.17, 15) is 0 Å². The van der Waals surface area contributed by atoms with Gasteiger partial charge in [0.1, 0.15) is 0 Å². The number of aromatic nitrogens is 2. The first-order valence-corrected chi connectivity index (χ1v) is 6.46. The van der Waals surface area contributed by atoms with Crippen molar-refractivity contribution < 1.29 is 0 Å².